The van der Waals surface area contributed by atoms with Crippen LogP contribution < -0.4 is 0 Å². The Morgan fingerprint density at radius 3 is 1.58 bits per heavy atom. The van der Waals surface area contributed by atoms with Crippen molar-refractivity contribution in [1.29, 1.82) is 0 Å². The van der Waals surface area contributed by atoms with E-state index in [1.54, 1.807) is 13.8 Å². The van der Waals surface area contributed by atoms with Gasteiger partial charge in [0.2, 0.25) is 0 Å². The Morgan fingerprint density at radius 2 is 1.32 bits per heavy atom. The number of hydrogen-bond acceptors (Lipinski definition) is 2. The van der Waals surface area contributed by atoms with Gasteiger partial charge in [-0.1, -0.05) is 26.7 Å². The fraction of sp³-hybridized carbons (Fsp3) is 0.867. The van der Waals surface area contributed by atoms with Gasteiger partial charge in [-0.15, -0.1) is 0 Å². The SMILES string of the molecule is CC(C)(C)/C(=C\B1OC(C)(C)C(C)(C)O1)C(C)(C)[O]. The molecule has 0 aliphatic carbocycles. The molecule has 3 nitrogen and oxygen atoms in total. The normalized spacial score (nSPS) is 23.9. The molecule has 0 aromatic rings. The van der Waals surface area contributed by atoms with Crippen molar-refractivity contribution >= 4 is 7.12 Å². The van der Waals surface area contributed by atoms with Crippen LogP contribution in [0.15, 0.2) is 11.5 Å². The van der Waals surface area contributed by atoms with Gasteiger partial charge in [0.05, 0.1) is 11.2 Å². The van der Waals surface area contributed by atoms with Crippen molar-refractivity contribution in [2.45, 2.75) is 79.1 Å². The zero-order valence-electron chi connectivity index (χ0n) is 13.9. The fourth-order valence-electron chi connectivity index (χ4n) is 2.45. The summed E-state index contributed by atoms with van der Waals surface area (Å²) in [5, 5.41) is 12.4. The first-order valence-electron chi connectivity index (χ1n) is 6.96. The molecule has 0 spiro atoms. The Hall–Kier alpha value is -0.315. The van der Waals surface area contributed by atoms with Gasteiger partial charge >= 0.3 is 7.12 Å². The van der Waals surface area contributed by atoms with Crippen molar-refractivity contribution in [3.63, 3.8) is 0 Å². The smallest absolute Gasteiger partial charge is 0.400 e. The first kappa shape index (κ1) is 16.7. The molecule has 0 saturated carbocycles. The molecular weight excluding hydrogens is 239 g/mol. The van der Waals surface area contributed by atoms with Gasteiger partial charge in [-0.25, -0.2) is 5.11 Å². The quantitative estimate of drug-likeness (QED) is 0.714. The Morgan fingerprint density at radius 1 is 0.947 bits per heavy atom. The second-order valence-electron chi connectivity index (χ2n) is 7.97. The molecule has 1 heterocycles. The number of hydrogen-bond donors (Lipinski definition) is 0. The largest absolute Gasteiger partial charge is 0.487 e. The third-order valence-corrected chi connectivity index (χ3v) is 4.03. The number of rotatable bonds is 2. The Labute approximate surface area is 118 Å². The average molecular weight is 267 g/mol. The van der Waals surface area contributed by atoms with E-state index in [0.29, 0.717) is 0 Å². The van der Waals surface area contributed by atoms with Crippen molar-refractivity contribution in [2.24, 2.45) is 5.41 Å². The predicted molar refractivity (Wildman–Crippen MR) is 78.4 cm³/mol. The molecule has 4 heteroatoms. The monoisotopic (exact) mass is 267 g/mol. The van der Waals surface area contributed by atoms with Crippen molar-refractivity contribution < 1.29 is 14.4 Å². The van der Waals surface area contributed by atoms with E-state index in [0.717, 1.165) is 5.57 Å². The summed E-state index contributed by atoms with van der Waals surface area (Å²) in [5.74, 6) is 1.86. The van der Waals surface area contributed by atoms with E-state index < -0.39 is 12.7 Å². The van der Waals surface area contributed by atoms with Crippen LogP contribution in [0.2, 0.25) is 0 Å². The highest BCUT2D eigenvalue weighted by atomic mass is 16.7. The summed E-state index contributed by atoms with van der Waals surface area (Å²) in [4.78, 5) is 0. The lowest BCUT2D eigenvalue weighted by molar-refractivity contribution is 0.00578. The highest BCUT2D eigenvalue weighted by molar-refractivity contribution is 6.51. The Bertz CT molecular complexity index is 338. The van der Waals surface area contributed by atoms with E-state index in [1.807, 2.05) is 54.4 Å². The van der Waals surface area contributed by atoms with Crippen LogP contribution >= 0.6 is 0 Å². The minimum atomic E-state index is -1.14. The third kappa shape index (κ3) is 3.62. The molecule has 109 valence electrons. The summed E-state index contributed by atoms with van der Waals surface area (Å²) in [6.07, 6.45) is 0. The zero-order valence-corrected chi connectivity index (χ0v) is 13.9. The first-order valence-corrected chi connectivity index (χ1v) is 6.96. The highest BCUT2D eigenvalue weighted by Crippen LogP contribution is 2.40. The second-order valence-corrected chi connectivity index (χ2v) is 7.97. The van der Waals surface area contributed by atoms with Crippen LogP contribution in [0.4, 0.5) is 0 Å². The summed E-state index contributed by atoms with van der Waals surface area (Å²) in [6.45, 7) is 17.6. The second kappa shape index (κ2) is 4.61. The lowest BCUT2D eigenvalue weighted by Crippen LogP contribution is -2.41. The molecule has 1 fully saturated rings. The molecular formula is C15H28BO3. The van der Waals surface area contributed by atoms with E-state index in [4.69, 9.17) is 9.31 Å². The molecule has 19 heavy (non-hydrogen) atoms. The molecule has 0 aromatic heterocycles. The molecule has 0 aromatic carbocycles. The summed E-state index contributed by atoms with van der Waals surface area (Å²) in [6, 6.07) is 0. The van der Waals surface area contributed by atoms with E-state index in [1.165, 1.54) is 0 Å². The fourth-order valence-corrected chi connectivity index (χ4v) is 2.45. The Balaban J connectivity index is 3.08. The average Bonchev–Trinajstić information content (AvgIpc) is 2.27. The van der Waals surface area contributed by atoms with Crippen molar-refractivity contribution in [3.8, 4) is 0 Å². The first-order chi connectivity index (χ1) is 8.17. The van der Waals surface area contributed by atoms with E-state index in [9.17, 15) is 5.11 Å². The minimum Gasteiger partial charge on any atom is -0.400 e. The van der Waals surface area contributed by atoms with Crippen molar-refractivity contribution in [1.82, 2.24) is 0 Å². The zero-order chi connectivity index (χ0) is 15.3. The van der Waals surface area contributed by atoms with Crippen LogP contribution in [0.5, 0.6) is 0 Å². The standard InChI is InChI=1S/C15H28BO3/c1-12(2,3)11(13(4,5)17)10-16-18-14(6,7)15(8,9)19-16/h10H,1-9H3/b11-10+. The maximum Gasteiger partial charge on any atom is 0.487 e. The lowest BCUT2D eigenvalue weighted by Gasteiger charge is -2.32. The van der Waals surface area contributed by atoms with E-state index in [2.05, 4.69) is 0 Å². The van der Waals surface area contributed by atoms with E-state index >= 15 is 0 Å². The summed E-state index contributed by atoms with van der Waals surface area (Å²) < 4.78 is 11.9. The van der Waals surface area contributed by atoms with Crippen LogP contribution in [0.1, 0.15) is 62.3 Å². The van der Waals surface area contributed by atoms with Gasteiger partial charge in [-0.05, 0) is 52.5 Å². The van der Waals surface area contributed by atoms with Gasteiger partial charge in [-0.3, -0.25) is 0 Å². The van der Waals surface area contributed by atoms with E-state index in [-0.39, 0.29) is 16.6 Å². The molecule has 0 atom stereocenters. The van der Waals surface area contributed by atoms with Gasteiger partial charge in [-0.2, -0.15) is 0 Å². The predicted octanol–water partition coefficient (Wildman–Crippen LogP) is 3.80. The molecule has 0 N–H and O–H groups in total. The third-order valence-electron chi connectivity index (χ3n) is 4.03. The van der Waals surface area contributed by atoms with Crippen LogP contribution in [-0.4, -0.2) is 23.9 Å². The molecule has 1 rings (SSSR count). The summed E-state index contributed by atoms with van der Waals surface area (Å²) >= 11 is 0. The van der Waals surface area contributed by atoms with Gasteiger partial charge in [0.25, 0.3) is 0 Å². The maximum atomic E-state index is 12.4. The Kier molecular flexibility index (Phi) is 4.06. The van der Waals surface area contributed by atoms with Crippen LogP contribution in [0, 0.1) is 5.41 Å². The van der Waals surface area contributed by atoms with Crippen LogP contribution in [0.3, 0.4) is 0 Å². The minimum absolute atomic E-state index is 0.200. The van der Waals surface area contributed by atoms with Gasteiger partial charge in [0.1, 0.15) is 5.60 Å². The highest BCUT2D eigenvalue weighted by Gasteiger charge is 2.51. The maximum absolute atomic E-state index is 12.4. The molecule has 0 unspecified atom stereocenters. The van der Waals surface area contributed by atoms with Gasteiger partial charge < -0.3 is 9.31 Å². The van der Waals surface area contributed by atoms with Crippen molar-refractivity contribution in [3.05, 3.63) is 11.5 Å². The topological polar surface area (TPSA) is 38.4 Å². The summed E-state index contributed by atoms with van der Waals surface area (Å²) in [5.41, 5.74) is -1.26. The van der Waals surface area contributed by atoms with Crippen LogP contribution in [-0.2, 0) is 14.4 Å². The molecule has 1 saturated heterocycles. The molecule has 0 bridgehead atoms. The summed E-state index contributed by atoms with van der Waals surface area (Å²) in [7, 11) is -0.451. The van der Waals surface area contributed by atoms with Gasteiger partial charge in [0.15, 0.2) is 0 Å². The van der Waals surface area contributed by atoms with Crippen LogP contribution in [0.25, 0.3) is 0 Å². The molecule has 1 aliphatic rings. The molecule has 0 amide bonds. The van der Waals surface area contributed by atoms with Crippen molar-refractivity contribution in [2.75, 3.05) is 0 Å². The lowest BCUT2D eigenvalue weighted by atomic mass is 9.71. The van der Waals surface area contributed by atoms with Gasteiger partial charge in [0, 0.05) is 0 Å². The molecule has 1 radical (unpaired) electrons. The molecule has 1 aliphatic heterocycles.